The summed E-state index contributed by atoms with van der Waals surface area (Å²) >= 11 is 0. The molecule has 0 saturated heterocycles. The molecule has 0 aromatic rings. The summed E-state index contributed by atoms with van der Waals surface area (Å²) in [7, 11) is 0. The second kappa shape index (κ2) is 6.41. The van der Waals surface area contributed by atoms with Gasteiger partial charge in [-0.15, -0.1) is 0 Å². The van der Waals surface area contributed by atoms with Gasteiger partial charge in [0.25, 0.3) is 0 Å². The minimum absolute atomic E-state index is 0.663. The molecule has 0 aliphatic heterocycles. The molecule has 0 radical (unpaired) electrons. The highest BCUT2D eigenvalue weighted by Gasteiger charge is 1.95. The van der Waals surface area contributed by atoms with Gasteiger partial charge in [-0.25, -0.2) is 0 Å². The van der Waals surface area contributed by atoms with Crippen LogP contribution in [0.25, 0.3) is 0 Å². The molecule has 0 amide bonds. The first-order valence-corrected chi connectivity index (χ1v) is 4.53. The van der Waals surface area contributed by atoms with Crippen molar-refractivity contribution in [3.8, 4) is 0 Å². The topological polar surface area (TPSA) is 12.0 Å². The largest absolute Gasteiger partial charge is 0.315 e. The molecule has 0 aliphatic rings. The summed E-state index contributed by atoms with van der Waals surface area (Å²) < 4.78 is 0. The molecule has 66 valence electrons. The molecule has 0 heterocycles. The maximum Gasteiger partial charge on any atom is 0.00415 e. The van der Waals surface area contributed by atoms with Crippen LogP contribution in [0.15, 0.2) is 11.6 Å². The van der Waals surface area contributed by atoms with Crippen LogP contribution in [-0.2, 0) is 0 Å². The predicted molar refractivity (Wildman–Crippen MR) is 51.8 cm³/mol. The summed E-state index contributed by atoms with van der Waals surface area (Å²) in [5.74, 6) is 0. The van der Waals surface area contributed by atoms with Gasteiger partial charge in [0.05, 0.1) is 0 Å². The van der Waals surface area contributed by atoms with Crippen LogP contribution in [0, 0.1) is 0 Å². The van der Waals surface area contributed by atoms with Gasteiger partial charge in [0.1, 0.15) is 0 Å². The summed E-state index contributed by atoms with van der Waals surface area (Å²) in [4.78, 5) is 0. The predicted octanol–water partition coefficient (Wildman–Crippen LogP) is 2.73. The minimum Gasteiger partial charge on any atom is -0.315 e. The Morgan fingerprint density at radius 3 is 2.55 bits per heavy atom. The van der Waals surface area contributed by atoms with E-state index in [0.29, 0.717) is 6.04 Å². The molecule has 0 bridgehead atoms. The van der Waals surface area contributed by atoms with Crippen molar-refractivity contribution in [2.24, 2.45) is 0 Å². The molecule has 0 aliphatic carbocycles. The molecule has 0 aromatic heterocycles. The summed E-state index contributed by atoms with van der Waals surface area (Å²) in [6.07, 6.45) is 4.75. The Morgan fingerprint density at radius 2 is 2.09 bits per heavy atom. The molecule has 0 spiro atoms. The molecular weight excluding hydrogens is 134 g/mol. The van der Waals surface area contributed by atoms with Crippen molar-refractivity contribution in [2.45, 2.75) is 46.6 Å². The maximum atomic E-state index is 3.39. The van der Waals surface area contributed by atoms with Gasteiger partial charge in [-0.05, 0) is 40.2 Å². The van der Waals surface area contributed by atoms with E-state index in [1.54, 1.807) is 0 Å². The van der Waals surface area contributed by atoms with Crippen LogP contribution >= 0.6 is 0 Å². The average Bonchev–Trinajstić information content (AvgIpc) is 1.87. The lowest BCUT2D eigenvalue weighted by Crippen LogP contribution is -2.24. The number of nitrogens with one attached hydrogen (secondary N) is 1. The maximum absolute atomic E-state index is 3.39. The van der Waals surface area contributed by atoms with E-state index in [-0.39, 0.29) is 0 Å². The van der Waals surface area contributed by atoms with E-state index in [4.69, 9.17) is 0 Å². The van der Waals surface area contributed by atoms with E-state index in [9.17, 15) is 0 Å². The quantitative estimate of drug-likeness (QED) is 0.602. The Labute approximate surface area is 70.9 Å². The fourth-order valence-electron chi connectivity index (χ4n) is 1.07. The molecule has 0 aromatic carbocycles. The van der Waals surface area contributed by atoms with E-state index >= 15 is 0 Å². The van der Waals surface area contributed by atoms with E-state index in [0.717, 1.165) is 6.54 Å². The fraction of sp³-hybridized carbons (Fsp3) is 0.800. The van der Waals surface area contributed by atoms with Crippen LogP contribution < -0.4 is 5.32 Å². The molecule has 1 N–H and O–H groups in total. The van der Waals surface area contributed by atoms with E-state index < -0.39 is 0 Å². The van der Waals surface area contributed by atoms with Crippen molar-refractivity contribution in [3.63, 3.8) is 0 Å². The fourth-order valence-corrected chi connectivity index (χ4v) is 1.07. The number of rotatable bonds is 5. The highest BCUT2D eigenvalue weighted by atomic mass is 14.9. The zero-order valence-corrected chi connectivity index (χ0v) is 8.28. The van der Waals surface area contributed by atoms with Gasteiger partial charge in [0.2, 0.25) is 0 Å². The van der Waals surface area contributed by atoms with Crippen LogP contribution in [0.2, 0.25) is 0 Å². The van der Waals surface area contributed by atoms with Crippen LogP contribution in [0.5, 0.6) is 0 Å². The van der Waals surface area contributed by atoms with Crippen molar-refractivity contribution < 1.29 is 0 Å². The van der Waals surface area contributed by atoms with Crippen LogP contribution in [0.1, 0.15) is 40.5 Å². The highest BCUT2D eigenvalue weighted by molar-refractivity contribution is 4.93. The third-order valence-electron chi connectivity index (χ3n) is 1.70. The zero-order chi connectivity index (χ0) is 8.69. The van der Waals surface area contributed by atoms with Crippen LogP contribution in [-0.4, -0.2) is 12.6 Å². The molecule has 0 unspecified atom stereocenters. The first-order valence-electron chi connectivity index (χ1n) is 4.53. The lowest BCUT2D eigenvalue weighted by molar-refractivity contribution is 0.534. The second-order valence-electron chi connectivity index (χ2n) is 3.32. The normalized spacial score (nSPS) is 12.7. The monoisotopic (exact) mass is 155 g/mol. The van der Waals surface area contributed by atoms with Gasteiger partial charge in [-0.1, -0.05) is 18.6 Å². The minimum atomic E-state index is 0.663. The first kappa shape index (κ1) is 10.7. The van der Waals surface area contributed by atoms with Crippen molar-refractivity contribution in [1.82, 2.24) is 5.32 Å². The molecule has 1 nitrogen and oxygen atoms in total. The molecule has 1 atom stereocenters. The van der Waals surface area contributed by atoms with Crippen molar-refractivity contribution in [1.29, 1.82) is 0 Å². The van der Waals surface area contributed by atoms with Crippen molar-refractivity contribution in [2.75, 3.05) is 6.54 Å². The van der Waals surface area contributed by atoms with Gasteiger partial charge in [-0.2, -0.15) is 0 Å². The Balaban J connectivity index is 3.31. The summed E-state index contributed by atoms with van der Waals surface area (Å²) in [5.41, 5.74) is 1.42. The Kier molecular flexibility index (Phi) is 6.24. The summed E-state index contributed by atoms with van der Waals surface area (Å²) in [6, 6.07) is 0.663. The standard InChI is InChI=1S/C10H21N/c1-5-11-10(4)8-6-7-9(2)3/h7,10-11H,5-6,8H2,1-4H3/t10-/m1/s1. The van der Waals surface area contributed by atoms with Crippen molar-refractivity contribution in [3.05, 3.63) is 11.6 Å². The molecular formula is C10H21N. The Morgan fingerprint density at radius 1 is 1.45 bits per heavy atom. The Hall–Kier alpha value is -0.300. The van der Waals surface area contributed by atoms with E-state index in [2.05, 4.69) is 39.1 Å². The summed E-state index contributed by atoms with van der Waals surface area (Å²) in [6.45, 7) is 9.77. The van der Waals surface area contributed by atoms with E-state index in [1.807, 2.05) is 0 Å². The lowest BCUT2D eigenvalue weighted by atomic mass is 10.1. The van der Waals surface area contributed by atoms with Gasteiger partial charge in [-0.3, -0.25) is 0 Å². The van der Waals surface area contributed by atoms with Gasteiger partial charge in [0.15, 0.2) is 0 Å². The first-order chi connectivity index (χ1) is 5.16. The average molecular weight is 155 g/mol. The smallest absolute Gasteiger partial charge is 0.00415 e. The van der Waals surface area contributed by atoms with Gasteiger partial charge >= 0.3 is 0 Å². The molecule has 0 fully saturated rings. The van der Waals surface area contributed by atoms with Crippen molar-refractivity contribution >= 4 is 0 Å². The molecule has 0 rings (SSSR count). The lowest BCUT2D eigenvalue weighted by Gasteiger charge is -2.09. The van der Waals surface area contributed by atoms with Gasteiger partial charge in [0, 0.05) is 6.04 Å². The number of allylic oxidation sites excluding steroid dienone is 2. The Bertz CT molecular complexity index is 112. The van der Waals surface area contributed by atoms with Crippen LogP contribution in [0.4, 0.5) is 0 Å². The third-order valence-corrected chi connectivity index (χ3v) is 1.70. The van der Waals surface area contributed by atoms with Gasteiger partial charge < -0.3 is 5.32 Å². The number of hydrogen-bond donors (Lipinski definition) is 1. The van der Waals surface area contributed by atoms with E-state index in [1.165, 1.54) is 18.4 Å². The molecule has 11 heavy (non-hydrogen) atoms. The van der Waals surface area contributed by atoms with Crippen LogP contribution in [0.3, 0.4) is 0 Å². The summed E-state index contributed by atoms with van der Waals surface area (Å²) in [5, 5.41) is 3.39. The third kappa shape index (κ3) is 7.60. The highest BCUT2D eigenvalue weighted by Crippen LogP contribution is 2.00. The molecule has 0 saturated carbocycles. The number of hydrogen-bond acceptors (Lipinski definition) is 1. The molecule has 1 heteroatoms. The second-order valence-corrected chi connectivity index (χ2v) is 3.32. The SMILES string of the molecule is CCN[C@H](C)CCC=C(C)C. The zero-order valence-electron chi connectivity index (χ0n) is 8.28.